The zero-order valence-corrected chi connectivity index (χ0v) is 22.2. The Bertz CT molecular complexity index is 1260. The van der Waals surface area contributed by atoms with Crippen molar-refractivity contribution in [3.05, 3.63) is 41.1 Å². The summed E-state index contributed by atoms with van der Waals surface area (Å²) >= 11 is 0. The van der Waals surface area contributed by atoms with Crippen molar-refractivity contribution in [2.24, 2.45) is 0 Å². The van der Waals surface area contributed by atoms with Crippen LogP contribution in [-0.2, 0) is 19.1 Å². The lowest BCUT2D eigenvalue weighted by Gasteiger charge is -2.38. The van der Waals surface area contributed by atoms with E-state index in [4.69, 9.17) is 14.7 Å². The number of nitriles is 1. The molecule has 39 heavy (non-hydrogen) atoms. The fourth-order valence-electron chi connectivity index (χ4n) is 6.54. The van der Waals surface area contributed by atoms with Crippen LogP contribution in [0.1, 0.15) is 48.9 Å². The number of hydrogen-bond acceptors (Lipinski definition) is 8. The Labute approximate surface area is 226 Å². The highest BCUT2D eigenvalue weighted by molar-refractivity contribution is 5.59. The zero-order valence-electron chi connectivity index (χ0n) is 22.2. The van der Waals surface area contributed by atoms with Crippen LogP contribution in [0.4, 0.5) is 24.7 Å². The molecule has 1 N–H and O–H groups in total. The Balaban J connectivity index is 1.35. The first-order valence-corrected chi connectivity index (χ1v) is 13.8. The van der Waals surface area contributed by atoms with Crippen molar-refractivity contribution in [2.45, 2.75) is 68.9 Å². The van der Waals surface area contributed by atoms with Crippen molar-refractivity contribution in [1.29, 1.82) is 5.26 Å². The average molecular weight is 542 g/mol. The predicted octanol–water partition coefficient (Wildman–Crippen LogP) is 3.76. The molecule has 8 nitrogen and oxygen atoms in total. The number of likely N-dealkylation sites (tertiary alicyclic amines) is 1. The van der Waals surface area contributed by atoms with E-state index in [-0.39, 0.29) is 23.9 Å². The fraction of sp³-hybridized carbons (Fsp3) is 0.607. The molecule has 4 heterocycles. The van der Waals surface area contributed by atoms with Gasteiger partial charge in [-0.1, -0.05) is 12.1 Å². The molecular weight excluding hydrogens is 507 g/mol. The van der Waals surface area contributed by atoms with Gasteiger partial charge in [0.1, 0.15) is 11.4 Å². The molecule has 6 rings (SSSR count). The number of nitrogens with one attached hydrogen (secondary N) is 1. The van der Waals surface area contributed by atoms with Gasteiger partial charge in [-0.3, -0.25) is 4.90 Å². The first-order valence-electron chi connectivity index (χ1n) is 13.8. The minimum Gasteiger partial charge on any atom is -0.455 e. The van der Waals surface area contributed by atoms with Crippen LogP contribution in [0.5, 0.6) is 6.01 Å². The SMILES string of the molecule is CN1CCC[C@H]1C1(Oc2nc3c(c(N4CCN[C@@H](CC#N)C4)n2)CCN(c2ccccc2C(F)(F)F)C3)CC1. The molecular formula is C28H34F3N7O. The maximum atomic E-state index is 13.8. The smallest absolute Gasteiger partial charge is 0.418 e. The number of hydrogen-bond donors (Lipinski definition) is 1. The minimum atomic E-state index is -4.44. The highest BCUT2D eigenvalue weighted by Gasteiger charge is 2.55. The van der Waals surface area contributed by atoms with E-state index < -0.39 is 11.7 Å². The largest absolute Gasteiger partial charge is 0.455 e. The van der Waals surface area contributed by atoms with Crippen molar-refractivity contribution in [3.63, 3.8) is 0 Å². The van der Waals surface area contributed by atoms with Crippen molar-refractivity contribution in [3.8, 4) is 12.1 Å². The van der Waals surface area contributed by atoms with Gasteiger partial charge in [-0.2, -0.15) is 28.4 Å². The van der Waals surface area contributed by atoms with E-state index in [2.05, 4.69) is 28.2 Å². The predicted molar refractivity (Wildman–Crippen MR) is 141 cm³/mol. The Morgan fingerprint density at radius 3 is 2.69 bits per heavy atom. The Morgan fingerprint density at radius 1 is 1.15 bits per heavy atom. The summed E-state index contributed by atoms with van der Waals surface area (Å²) in [6.45, 7) is 3.80. The van der Waals surface area contributed by atoms with Crippen molar-refractivity contribution >= 4 is 11.5 Å². The molecule has 2 aromatic rings. The molecule has 4 aliphatic rings. The van der Waals surface area contributed by atoms with Crippen LogP contribution >= 0.6 is 0 Å². The summed E-state index contributed by atoms with van der Waals surface area (Å²) in [6, 6.07) is 8.64. The molecule has 208 valence electrons. The molecule has 1 aromatic heterocycles. The average Bonchev–Trinajstić information content (AvgIpc) is 3.56. The number of anilines is 2. The lowest BCUT2D eigenvalue weighted by molar-refractivity contribution is -0.137. The number of benzene rings is 1. The Morgan fingerprint density at radius 2 is 1.97 bits per heavy atom. The van der Waals surface area contributed by atoms with E-state index in [1.807, 2.05) is 0 Å². The number of para-hydroxylation sites is 1. The first kappa shape index (κ1) is 26.1. The van der Waals surface area contributed by atoms with Crippen LogP contribution in [0, 0.1) is 11.3 Å². The Kier molecular flexibility index (Phi) is 6.79. The van der Waals surface area contributed by atoms with Crippen molar-refractivity contribution in [2.75, 3.05) is 49.6 Å². The standard InChI is InChI=1S/C28H34F3N7O/c1-36-14-4-7-24(36)27(10-11-27)39-26-34-22-18-37(23-6-3-2-5-21(23)28(29,30)31)15-9-20(22)25(35-26)38-16-13-33-19(17-38)8-12-32/h2-3,5-6,19,24,33H,4,7-11,13-18H2,1H3/t19-,24-/m0/s1. The number of alkyl halides is 3. The Hall–Kier alpha value is -3.10. The van der Waals surface area contributed by atoms with Crippen LogP contribution in [0.3, 0.4) is 0 Å². The summed E-state index contributed by atoms with van der Waals surface area (Å²) in [4.78, 5) is 16.1. The lowest BCUT2D eigenvalue weighted by atomic mass is 10.0. The number of likely N-dealkylation sites (N-methyl/N-ethyl adjacent to an activating group) is 1. The van der Waals surface area contributed by atoms with Gasteiger partial charge >= 0.3 is 12.2 Å². The molecule has 11 heteroatoms. The zero-order chi connectivity index (χ0) is 27.2. The van der Waals surface area contributed by atoms with Gasteiger partial charge in [0.15, 0.2) is 0 Å². The highest BCUT2D eigenvalue weighted by Crippen LogP contribution is 2.48. The van der Waals surface area contributed by atoms with E-state index in [9.17, 15) is 18.4 Å². The molecule has 0 amide bonds. The summed E-state index contributed by atoms with van der Waals surface area (Å²) < 4.78 is 48.1. The van der Waals surface area contributed by atoms with Crippen LogP contribution in [0.25, 0.3) is 0 Å². The minimum absolute atomic E-state index is 0.0272. The van der Waals surface area contributed by atoms with Gasteiger partial charge in [-0.05, 0) is 57.8 Å². The van der Waals surface area contributed by atoms with Crippen molar-refractivity contribution < 1.29 is 17.9 Å². The number of nitrogens with zero attached hydrogens (tertiary/aromatic N) is 6. The second-order valence-electron chi connectivity index (χ2n) is 11.2. The molecule has 0 spiro atoms. The normalized spacial score (nSPS) is 24.8. The van der Waals surface area contributed by atoms with E-state index in [0.29, 0.717) is 43.7 Å². The maximum Gasteiger partial charge on any atom is 0.418 e. The molecule has 1 saturated carbocycles. The molecule has 2 saturated heterocycles. The summed E-state index contributed by atoms with van der Waals surface area (Å²) in [6.07, 6.45) is 0.583. The number of aromatic nitrogens is 2. The van der Waals surface area contributed by atoms with Gasteiger partial charge in [0.25, 0.3) is 0 Å². The quantitative estimate of drug-likeness (QED) is 0.593. The van der Waals surface area contributed by atoms with Crippen molar-refractivity contribution in [1.82, 2.24) is 20.2 Å². The molecule has 3 aliphatic heterocycles. The molecule has 0 radical (unpaired) electrons. The third kappa shape index (κ3) is 5.12. The number of rotatable bonds is 6. The molecule has 0 bridgehead atoms. The number of fused-ring (bicyclic) bond motifs is 1. The second-order valence-corrected chi connectivity index (χ2v) is 11.2. The molecule has 1 aliphatic carbocycles. The van der Waals surface area contributed by atoms with Gasteiger partial charge in [0.05, 0.1) is 30.3 Å². The van der Waals surface area contributed by atoms with E-state index >= 15 is 0 Å². The topological polar surface area (TPSA) is 80.5 Å². The van der Waals surface area contributed by atoms with Crippen LogP contribution < -0.4 is 19.9 Å². The van der Waals surface area contributed by atoms with Gasteiger partial charge in [0, 0.05) is 49.5 Å². The lowest BCUT2D eigenvalue weighted by Crippen LogP contribution is -2.51. The van der Waals surface area contributed by atoms with Gasteiger partial charge in [-0.25, -0.2) is 0 Å². The van der Waals surface area contributed by atoms with Crippen LogP contribution in [0.15, 0.2) is 24.3 Å². The van der Waals surface area contributed by atoms with Gasteiger partial charge in [-0.15, -0.1) is 0 Å². The highest BCUT2D eigenvalue weighted by atomic mass is 19.4. The maximum absolute atomic E-state index is 13.8. The third-order valence-corrected chi connectivity index (χ3v) is 8.63. The fourth-order valence-corrected chi connectivity index (χ4v) is 6.54. The number of halogens is 3. The van der Waals surface area contributed by atoms with E-state index in [1.165, 1.54) is 12.1 Å². The van der Waals surface area contributed by atoms with Crippen LogP contribution in [-0.4, -0.2) is 72.3 Å². The van der Waals surface area contributed by atoms with Crippen LogP contribution in [0.2, 0.25) is 0 Å². The summed E-state index contributed by atoms with van der Waals surface area (Å²) in [5.74, 6) is 0.791. The van der Waals surface area contributed by atoms with Gasteiger partial charge in [0.2, 0.25) is 0 Å². The molecule has 1 aromatic carbocycles. The van der Waals surface area contributed by atoms with E-state index in [1.54, 1.807) is 11.0 Å². The molecule has 3 fully saturated rings. The number of piperazine rings is 1. The van der Waals surface area contributed by atoms with E-state index in [0.717, 1.165) is 62.8 Å². The summed E-state index contributed by atoms with van der Waals surface area (Å²) in [5, 5.41) is 12.6. The number of ether oxygens (including phenoxy) is 1. The summed E-state index contributed by atoms with van der Waals surface area (Å²) in [7, 11) is 2.13. The monoisotopic (exact) mass is 541 g/mol. The second kappa shape index (κ2) is 10.1. The molecule has 0 unspecified atom stereocenters. The third-order valence-electron chi connectivity index (χ3n) is 8.63. The van der Waals surface area contributed by atoms with Gasteiger partial charge < -0.3 is 19.9 Å². The molecule has 2 atom stereocenters. The summed E-state index contributed by atoms with van der Waals surface area (Å²) in [5.41, 5.74) is 0.899. The first-order chi connectivity index (χ1) is 18.8.